The molecule has 0 bridgehead atoms. The van der Waals surface area contributed by atoms with Gasteiger partial charge in [-0.05, 0) is 38.4 Å². The lowest BCUT2D eigenvalue weighted by atomic mass is 9.98. The molecule has 2 heterocycles. The van der Waals surface area contributed by atoms with Crippen LogP contribution in [0.15, 0.2) is 24.3 Å². The fraction of sp³-hybridized carbons (Fsp3) is 0.600. The first-order valence-corrected chi connectivity index (χ1v) is 9.78. The summed E-state index contributed by atoms with van der Waals surface area (Å²) >= 11 is 0. The Morgan fingerprint density at radius 3 is 2.78 bits per heavy atom. The Balaban J connectivity index is 1.57. The second-order valence-electron chi connectivity index (χ2n) is 6.99. The summed E-state index contributed by atoms with van der Waals surface area (Å²) in [5.74, 6) is -0.340. The number of ether oxygens (including phenoxy) is 2. The topological polar surface area (TPSA) is 71.1 Å². The van der Waals surface area contributed by atoms with Crippen molar-refractivity contribution in [2.45, 2.75) is 19.8 Å². The van der Waals surface area contributed by atoms with Crippen LogP contribution in [0.2, 0.25) is 0 Å². The zero-order chi connectivity index (χ0) is 19.1. The smallest absolute Gasteiger partial charge is 0.310 e. The van der Waals surface area contributed by atoms with Crippen molar-refractivity contribution < 1.29 is 19.1 Å². The van der Waals surface area contributed by atoms with E-state index < -0.39 is 0 Å². The average molecular weight is 375 g/mol. The quantitative estimate of drug-likeness (QED) is 0.764. The standard InChI is InChI=1S/C20H29N3O4/c1-2-27-20(25)16-6-5-9-22(14-16)15-19(24)21-17-7-3-4-8-18(17)23-10-12-26-13-11-23/h3-4,7-8,16H,2,5-6,9-15H2,1H3,(H,21,24). The predicted octanol–water partition coefficient (Wildman–Crippen LogP) is 1.74. The van der Waals surface area contributed by atoms with E-state index in [1.165, 1.54) is 0 Å². The molecule has 27 heavy (non-hydrogen) atoms. The summed E-state index contributed by atoms with van der Waals surface area (Å²) in [4.78, 5) is 28.9. The molecule has 0 radical (unpaired) electrons. The Morgan fingerprint density at radius 2 is 2.00 bits per heavy atom. The maximum Gasteiger partial charge on any atom is 0.310 e. The first kappa shape index (κ1) is 19.6. The van der Waals surface area contributed by atoms with Crippen molar-refractivity contribution in [1.29, 1.82) is 0 Å². The molecule has 7 heteroatoms. The molecule has 0 spiro atoms. The second kappa shape index (κ2) is 9.71. The highest BCUT2D eigenvalue weighted by Gasteiger charge is 2.28. The Hall–Kier alpha value is -2.12. The second-order valence-corrected chi connectivity index (χ2v) is 6.99. The molecule has 1 aromatic rings. The number of rotatable bonds is 6. The number of esters is 1. The van der Waals surface area contributed by atoms with E-state index in [1.807, 2.05) is 36.1 Å². The van der Waals surface area contributed by atoms with Gasteiger partial charge in [0.2, 0.25) is 5.91 Å². The molecule has 1 amide bonds. The van der Waals surface area contributed by atoms with E-state index in [2.05, 4.69) is 10.2 Å². The minimum atomic E-state index is -0.153. The maximum atomic E-state index is 12.6. The van der Waals surface area contributed by atoms with E-state index in [0.29, 0.717) is 26.4 Å². The number of likely N-dealkylation sites (tertiary alicyclic amines) is 1. The molecule has 2 saturated heterocycles. The summed E-state index contributed by atoms with van der Waals surface area (Å²) < 4.78 is 10.5. The summed E-state index contributed by atoms with van der Waals surface area (Å²) in [6.07, 6.45) is 1.73. The van der Waals surface area contributed by atoms with Gasteiger partial charge in [-0.2, -0.15) is 0 Å². The summed E-state index contributed by atoms with van der Waals surface area (Å²) in [5.41, 5.74) is 1.85. The van der Waals surface area contributed by atoms with Crippen molar-refractivity contribution in [3.05, 3.63) is 24.3 Å². The van der Waals surface area contributed by atoms with Crippen LogP contribution in [0.25, 0.3) is 0 Å². The number of hydrogen-bond acceptors (Lipinski definition) is 6. The molecule has 1 atom stereocenters. The van der Waals surface area contributed by atoms with Crippen molar-refractivity contribution in [3.63, 3.8) is 0 Å². The first-order valence-electron chi connectivity index (χ1n) is 9.78. The highest BCUT2D eigenvalue weighted by atomic mass is 16.5. The van der Waals surface area contributed by atoms with E-state index in [-0.39, 0.29) is 24.3 Å². The number of carbonyl (C=O) groups is 2. The van der Waals surface area contributed by atoms with Gasteiger partial charge in [0.25, 0.3) is 0 Å². The minimum Gasteiger partial charge on any atom is -0.466 e. The SMILES string of the molecule is CCOC(=O)C1CCCN(CC(=O)Nc2ccccc2N2CCOCC2)C1. The monoisotopic (exact) mass is 375 g/mol. The normalized spacial score (nSPS) is 20.9. The van der Waals surface area contributed by atoms with Crippen LogP contribution >= 0.6 is 0 Å². The zero-order valence-corrected chi connectivity index (χ0v) is 16.0. The Kier molecular flexibility index (Phi) is 7.06. The van der Waals surface area contributed by atoms with E-state index in [4.69, 9.17) is 9.47 Å². The van der Waals surface area contributed by atoms with Crippen LogP contribution < -0.4 is 10.2 Å². The number of morpholine rings is 1. The van der Waals surface area contributed by atoms with E-state index in [9.17, 15) is 9.59 Å². The van der Waals surface area contributed by atoms with Crippen LogP contribution in [0, 0.1) is 5.92 Å². The molecule has 3 rings (SSSR count). The van der Waals surface area contributed by atoms with Crippen LogP contribution in [0.1, 0.15) is 19.8 Å². The number of nitrogens with zero attached hydrogens (tertiary/aromatic N) is 2. The largest absolute Gasteiger partial charge is 0.466 e. The molecule has 1 aromatic carbocycles. The van der Waals surface area contributed by atoms with E-state index >= 15 is 0 Å². The van der Waals surface area contributed by atoms with Gasteiger partial charge < -0.3 is 19.7 Å². The molecule has 0 aliphatic carbocycles. The lowest BCUT2D eigenvalue weighted by Gasteiger charge is -2.32. The molecule has 0 saturated carbocycles. The van der Waals surface area contributed by atoms with Crippen molar-refractivity contribution in [2.24, 2.45) is 5.92 Å². The molecule has 1 unspecified atom stereocenters. The summed E-state index contributed by atoms with van der Waals surface area (Å²) in [5, 5.41) is 3.05. The van der Waals surface area contributed by atoms with Gasteiger partial charge in [0, 0.05) is 19.6 Å². The number of para-hydroxylation sites is 2. The van der Waals surface area contributed by atoms with Crippen LogP contribution in [-0.2, 0) is 19.1 Å². The Morgan fingerprint density at radius 1 is 1.22 bits per heavy atom. The molecule has 2 aliphatic heterocycles. The van der Waals surface area contributed by atoms with Crippen LogP contribution in [-0.4, -0.2) is 69.3 Å². The van der Waals surface area contributed by atoms with Gasteiger partial charge in [-0.15, -0.1) is 0 Å². The zero-order valence-electron chi connectivity index (χ0n) is 16.0. The number of carbonyl (C=O) groups excluding carboxylic acids is 2. The molecule has 2 aliphatic rings. The number of piperidine rings is 1. The summed E-state index contributed by atoms with van der Waals surface area (Å²) in [6, 6.07) is 7.87. The number of hydrogen-bond donors (Lipinski definition) is 1. The lowest BCUT2D eigenvalue weighted by Crippen LogP contribution is -2.43. The van der Waals surface area contributed by atoms with Crippen LogP contribution in [0.5, 0.6) is 0 Å². The number of nitrogens with one attached hydrogen (secondary N) is 1. The first-order chi connectivity index (χ1) is 13.2. The van der Waals surface area contributed by atoms with Gasteiger partial charge in [0.05, 0.1) is 43.7 Å². The third-order valence-electron chi connectivity index (χ3n) is 5.02. The van der Waals surface area contributed by atoms with Crippen molar-refractivity contribution in [1.82, 2.24) is 4.90 Å². The minimum absolute atomic E-state index is 0.0554. The van der Waals surface area contributed by atoms with Gasteiger partial charge in [-0.25, -0.2) is 0 Å². The third-order valence-corrected chi connectivity index (χ3v) is 5.02. The summed E-state index contributed by atoms with van der Waals surface area (Å²) in [7, 11) is 0. The maximum absolute atomic E-state index is 12.6. The molecule has 1 N–H and O–H groups in total. The van der Waals surface area contributed by atoms with E-state index in [0.717, 1.165) is 43.9 Å². The van der Waals surface area contributed by atoms with Gasteiger partial charge in [-0.3, -0.25) is 14.5 Å². The average Bonchev–Trinajstić information content (AvgIpc) is 2.69. The number of amides is 1. The summed E-state index contributed by atoms with van der Waals surface area (Å²) in [6.45, 7) is 6.95. The number of anilines is 2. The van der Waals surface area contributed by atoms with Gasteiger partial charge in [0.1, 0.15) is 0 Å². The molecule has 0 aromatic heterocycles. The van der Waals surface area contributed by atoms with E-state index in [1.54, 1.807) is 0 Å². The highest BCUT2D eigenvalue weighted by Crippen LogP contribution is 2.26. The van der Waals surface area contributed by atoms with Gasteiger partial charge >= 0.3 is 5.97 Å². The fourth-order valence-corrected chi connectivity index (χ4v) is 3.70. The molecule has 148 valence electrons. The van der Waals surface area contributed by atoms with Crippen molar-refractivity contribution in [2.75, 3.05) is 62.8 Å². The van der Waals surface area contributed by atoms with Crippen LogP contribution in [0.4, 0.5) is 11.4 Å². The fourth-order valence-electron chi connectivity index (χ4n) is 3.70. The Labute approximate surface area is 160 Å². The molecule has 7 nitrogen and oxygen atoms in total. The predicted molar refractivity (Wildman–Crippen MR) is 104 cm³/mol. The van der Waals surface area contributed by atoms with Gasteiger partial charge in [-0.1, -0.05) is 12.1 Å². The molecular formula is C20H29N3O4. The third kappa shape index (κ3) is 5.43. The Bertz CT molecular complexity index is 646. The van der Waals surface area contributed by atoms with Crippen LogP contribution in [0.3, 0.4) is 0 Å². The molecule has 2 fully saturated rings. The van der Waals surface area contributed by atoms with Gasteiger partial charge in [0.15, 0.2) is 0 Å². The lowest BCUT2D eigenvalue weighted by molar-refractivity contribution is -0.150. The number of benzene rings is 1. The van der Waals surface area contributed by atoms with Crippen molar-refractivity contribution in [3.8, 4) is 0 Å². The van der Waals surface area contributed by atoms with Crippen molar-refractivity contribution >= 4 is 23.3 Å². The highest BCUT2D eigenvalue weighted by molar-refractivity contribution is 5.95. The molecular weight excluding hydrogens is 346 g/mol.